The van der Waals surface area contributed by atoms with Crippen molar-refractivity contribution in [1.82, 2.24) is 24.5 Å². The molecule has 4 heterocycles. The highest BCUT2D eigenvalue weighted by Crippen LogP contribution is 2.37. The van der Waals surface area contributed by atoms with Gasteiger partial charge in [-0.1, -0.05) is 25.4 Å². The lowest BCUT2D eigenvalue weighted by molar-refractivity contribution is -0.138. The van der Waals surface area contributed by atoms with Crippen molar-refractivity contribution in [3.05, 3.63) is 41.8 Å². The first-order chi connectivity index (χ1) is 13.0. The predicted molar refractivity (Wildman–Crippen MR) is 99.1 cm³/mol. The fourth-order valence-corrected chi connectivity index (χ4v) is 2.72. The SMILES string of the molecule is CC(C)C(=O)Oc1c2nccnc2c(O)n1-c1ccc2ccc(Cl)nc2n1. The zero-order chi connectivity index (χ0) is 19.1. The largest absolute Gasteiger partial charge is 0.493 e. The van der Waals surface area contributed by atoms with E-state index in [9.17, 15) is 9.90 Å². The Hall–Kier alpha value is -3.26. The Balaban J connectivity index is 1.97. The van der Waals surface area contributed by atoms with Crippen LogP contribution in [0.2, 0.25) is 5.15 Å². The Morgan fingerprint density at radius 1 is 1.11 bits per heavy atom. The van der Waals surface area contributed by atoms with Crippen molar-refractivity contribution in [2.75, 3.05) is 0 Å². The Labute approximate surface area is 158 Å². The number of hydrogen-bond acceptors (Lipinski definition) is 7. The fraction of sp³-hybridized carbons (Fsp3) is 0.167. The van der Waals surface area contributed by atoms with Gasteiger partial charge in [0.05, 0.1) is 5.92 Å². The van der Waals surface area contributed by atoms with Gasteiger partial charge < -0.3 is 9.84 Å². The molecule has 4 aromatic rings. The number of carbonyl (C=O) groups is 1. The number of ether oxygens (including phenoxy) is 1. The molecular weight excluding hydrogens is 370 g/mol. The summed E-state index contributed by atoms with van der Waals surface area (Å²) in [6.07, 6.45) is 2.89. The van der Waals surface area contributed by atoms with Crippen molar-refractivity contribution in [2.45, 2.75) is 13.8 Å². The van der Waals surface area contributed by atoms with E-state index in [2.05, 4.69) is 19.9 Å². The summed E-state index contributed by atoms with van der Waals surface area (Å²) in [5.74, 6) is -0.738. The van der Waals surface area contributed by atoms with Crippen molar-refractivity contribution in [2.24, 2.45) is 5.92 Å². The summed E-state index contributed by atoms with van der Waals surface area (Å²) in [5.41, 5.74) is 0.842. The van der Waals surface area contributed by atoms with E-state index in [1.165, 1.54) is 17.0 Å². The van der Waals surface area contributed by atoms with Crippen molar-refractivity contribution in [3.8, 4) is 17.6 Å². The number of hydrogen-bond donors (Lipinski definition) is 1. The van der Waals surface area contributed by atoms with Gasteiger partial charge in [0.2, 0.25) is 11.8 Å². The lowest BCUT2D eigenvalue weighted by Gasteiger charge is -2.11. The molecule has 1 N–H and O–H groups in total. The van der Waals surface area contributed by atoms with Gasteiger partial charge in [-0.25, -0.2) is 24.5 Å². The van der Waals surface area contributed by atoms with Crippen LogP contribution < -0.4 is 4.74 Å². The molecule has 0 spiro atoms. The van der Waals surface area contributed by atoms with E-state index < -0.39 is 5.97 Å². The average Bonchev–Trinajstić information content (AvgIpc) is 2.93. The molecule has 0 radical (unpaired) electrons. The van der Waals surface area contributed by atoms with E-state index in [0.717, 1.165) is 5.39 Å². The summed E-state index contributed by atoms with van der Waals surface area (Å²) in [5, 5.41) is 11.8. The van der Waals surface area contributed by atoms with E-state index in [0.29, 0.717) is 16.6 Å². The molecule has 4 rings (SSSR count). The molecule has 27 heavy (non-hydrogen) atoms. The second kappa shape index (κ2) is 6.48. The molecule has 0 aliphatic carbocycles. The molecular formula is C18H14ClN5O3. The van der Waals surface area contributed by atoms with Gasteiger partial charge >= 0.3 is 5.97 Å². The first kappa shape index (κ1) is 17.2. The molecule has 0 aromatic carbocycles. The van der Waals surface area contributed by atoms with Crippen LogP contribution in [0.4, 0.5) is 0 Å². The van der Waals surface area contributed by atoms with Crippen LogP contribution in [0.3, 0.4) is 0 Å². The van der Waals surface area contributed by atoms with E-state index >= 15 is 0 Å². The number of fused-ring (bicyclic) bond motifs is 2. The van der Waals surface area contributed by atoms with Crippen LogP contribution >= 0.6 is 11.6 Å². The number of esters is 1. The summed E-state index contributed by atoms with van der Waals surface area (Å²) in [6, 6.07) is 6.90. The third-order valence-electron chi connectivity index (χ3n) is 3.93. The van der Waals surface area contributed by atoms with Crippen LogP contribution in [0, 0.1) is 5.92 Å². The van der Waals surface area contributed by atoms with Crippen molar-refractivity contribution >= 4 is 39.6 Å². The third-order valence-corrected chi connectivity index (χ3v) is 4.14. The molecule has 0 bridgehead atoms. The number of nitrogens with zero attached hydrogens (tertiary/aromatic N) is 5. The fourth-order valence-electron chi connectivity index (χ4n) is 2.58. The van der Waals surface area contributed by atoms with E-state index in [1.54, 1.807) is 38.1 Å². The maximum atomic E-state index is 12.2. The summed E-state index contributed by atoms with van der Waals surface area (Å²) >= 11 is 5.95. The van der Waals surface area contributed by atoms with Crippen LogP contribution in [-0.4, -0.2) is 35.6 Å². The average molecular weight is 384 g/mol. The van der Waals surface area contributed by atoms with Gasteiger partial charge in [-0.3, -0.25) is 4.79 Å². The Morgan fingerprint density at radius 3 is 2.56 bits per heavy atom. The molecule has 0 aliphatic heterocycles. The van der Waals surface area contributed by atoms with E-state index in [4.69, 9.17) is 16.3 Å². The summed E-state index contributed by atoms with van der Waals surface area (Å²) in [6.45, 7) is 3.42. The second-order valence-corrected chi connectivity index (χ2v) is 6.53. The molecule has 0 unspecified atom stereocenters. The maximum absolute atomic E-state index is 12.2. The normalized spacial score (nSPS) is 11.4. The van der Waals surface area contributed by atoms with Gasteiger partial charge in [0.15, 0.2) is 16.7 Å². The highest BCUT2D eigenvalue weighted by Gasteiger charge is 2.25. The highest BCUT2D eigenvalue weighted by molar-refractivity contribution is 6.29. The molecule has 9 heteroatoms. The molecule has 0 fully saturated rings. The first-order valence-electron chi connectivity index (χ1n) is 8.15. The minimum absolute atomic E-state index is 0.0446. The third kappa shape index (κ3) is 2.93. The van der Waals surface area contributed by atoms with Gasteiger partial charge in [-0.05, 0) is 24.3 Å². The molecule has 0 saturated heterocycles. The zero-order valence-electron chi connectivity index (χ0n) is 14.4. The van der Waals surface area contributed by atoms with Gasteiger partial charge in [0.1, 0.15) is 11.0 Å². The predicted octanol–water partition coefficient (Wildman–Crippen LogP) is 3.28. The van der Waals surface area contributed by atoms with Gasteiger partial charge in [0, 0.05) is 17.8 Å². The van der Waals surface area contributed by atoms with E-state index in [1.807, 2.05) is 0 Å². The minimum atomic E-state index is -0.469. The molecule has 8 nitrogen and oxygen atoms in total. The zero-order valence-corrected chi connectivity index (χ0v) is 15.2. The minimum Gasteiger partial charge on any atom is -0.493 e. The van der Waals surface area contributed by atoms with Crippen molar-refractivity contribution in [1.29, 1.82) is 0 Å². The molecule has 0 saturated carbocycles. The van der Waals surface area contributed by atoms with Gasteiger partial charge in [-0.15, -0.1) is 0 Å². The smallest absolute Gasteiger partial charge is 0.315 e. The van der Waals surface area contributed by atoms with Crippen LogP contribution in [0.25, 0.3) is 27.9 Å². The standard InChI is InChI=1S/C18H14ClN5O3/c1-9(2)18(26)27-17-14-13(20-7-8-21-14)16(25)24(17)12-6-4-10-3-5-11(19)22-15(10)23-12/h3-9,25H,1-2H3. The number of aromatic nitrogens is 5. The lowest BCUT2D eigenvalue weighted by Crippen LogP contribution is -2.17. The summed E-state index contributed by atoms with van der Waals surface area (Å²) in [7, 11) is 0. The molecule has 4 aromatic heterocycles. The number of rotatable bonds is 3. The van der Waals surface area contributed by atoms with Crippen LogP contribution in [0.5, 0.6) is 11.8 Å². The number of pyridine rings is 2. The van der Waals surface area contributed by atoms with Crippen LogP contribution in [0.1, 0.15) is 13.8 Å². The number of aromatic hydroxyl groups is 1. The van der Waals surface area contributed by atoms with Crippen LogP contribution in [-0.2, 0) is 4.79 Å². The molecule has 0 aliphatic rings. The van der Waals surface area contributed by atoms with Crippen molar-refractivity contribution < 1.29 is 14.6 Å². The monoisotopic (exact) mass is 383 g/mol. The number of halogens is 1. The Bertz CT molecular complexity index is 1190. The van der Waals surface area contributed by atoms with Crippen LogP contribution in [0.15, 0.2) is 36.7 Å². The van der Waals surface area contributed by atoms with Gasteiger partial charge in [-0.2, -0.15) is 0 Å². The molecule has 0 atom stereocenters. The summed E-state index contributed by atoms with van der Waals surface area (Å²) < 4.78 is 6.79. The lowest BCUT2D eigenvalue weighted by atomic mass is 10.2. The molecule has 0 amide bonds. The molecule has 136 valence electrons. The maximum Gasteiger partial charge on any atom is 0.315 e. The highest BCUT2D eigenvalue weighted by atomic mass is 35.5. The van der Waals surface area contributed by atoms with Crippen molar-refractivity contribution in [3.63, 3.8) is 0 Å². The second-order valence-electron chi connectivity index (χ2n) is 6.14. The summed E-state index contributed by atoms with van der Waals surface area (Å²) in [4.78, 5) is 29.1. The quantitative estimate of drug-likeness (QED) is 0.427. The Kier molecular flexibility index (Phi) is 4.12. The Morgan fingerprint density at radius 2 is 1.81 bits per heavy atom. The number of carbonyl (C=O) groups excluding carboxylic acids is 1. The first-order valence-corrected chi connectivity index (χ1v) is 8.53. The van der Waals surface area contributed by atoms with Gasteiger partial charge in [0.25, 0.3) is 0 Å². The topological polar surface area (TPSA) is 103 Å². The van der Waals surface area contributed by atoms with E-state index in [-0.39, 0.29) is 28.7 Å².